The Morgan fingerprint density at radius 2 is 1.67 bits per heavy atom. The summed E-state index contributed by atoms with van der Waals surface area (Å²) in [5, 5.41) is 0. The Kier molecular flexibility index (Phi) is 6.81. The largest absolute Gasteiger partial charge is 0.443 e. The van der Waals surface area contributed by atoms with Gasteiger partial charge in [0.25, 0.3) is 5.91 Å². The first-order chi connectivity index (χ1) is 11.0. The van der Waals surface area contributed by atoms with E-state index >= 15 is 0 Å². The minimum Gasteiger partial charge on any atom is -0.443 e. The normalized spacial score (nSPS) is 21.3. The molecule has 0 aromatic rings. The Morgan fingerprint density at radius 3 is 2.04 bits per heavy atom. The predicted molar refractivity (Wildman–Crippen MR) is 98.4 cm³/mol. The maximum absolute atomic E-state index is 12.6. The molecular formula is C18H33NO4Si. The van der Waals surface area contributed by atoms with Crippen LogP contribution in [0.1, 0.15) is 55.4 Å². The number of β-lactam (4-membered cyclic amide) rings is 1. The maximum atomic E-state index is 12.6. The maximum Gasteiger partial charge on any atom is 0.417 e. The molecule has 1 aliphatic rings. The number of nitrogens with zero attached hydrogens (tertiary/aromatic N) is 1. The lowest BCUT2D eigenvalue weighted by Crippen LogP contribution is -2.69. The van der Waals surface area contributed by atoms with Gasteiger partial charge in [-0.25, -0.2) is 9.69 Å². The standard InChI is InChI=1S/C18H33NO4Si/c1-9-24(10-2,11-3)23-15-14(12-13(4)5)19(16(15)20)17(21)22-18(6,7)8/h12,14-15H,9-11H2,1-8H3/t14-,15+/m1/s1. The van der Waals surface area contributed by atoms with Gasteiger partial charge in [0.15, 0.2) is 8.32 Å². The summed E-state index contributed by atoms with van der Waals surface area (Å²) in [5.74, 6) is -0.279. The summed E-state index contributed by atoms with van der Waals surface area (Å²) < 4.78 is 11.7. The van der Waals surface area contributed by atoms with Crippen LogP contribution in [0.2, 0.25) is 18.1 Å². The number of ether oxygens (including phenoxy) is 1. The van der Waals surface area contributed by atoms with E-state index in [1.165, 1.54) is 4.90 Å². The summed E-state index contributed by atoms with van der Waals surface area (Å²) >= 11 is 0. The van der Waals surface area contributed by atoms with E-state index in [2.05, 4.69) is 20.8 Å². The molecule has 5 nitrogen and oxygen atoms in total. The second-order valence-corrected chi connectivity index (χ2v) is 12.4. The third-order valence-corrected chi connectivity index (χ3v) is 9.11. The molecule has 2 amide bonds. The fourth-order valence-electron chi connectivity index (χ4n) is 2.90. The molecule has 1 heterocycles. The molecule has 0 N–H and O–H groups in total. The first-order valence-corrected chi connectivity index (χ1v) is 11.4. The summed E-state index contributed by atoms with van der Waals surface area (Å²) in [5.41, 5.74) is 0.416. The van der Waals surface area contributed by atoms with Crippen molar-refractivity contribution in [2.24, 2.45) is 0 Å². The van der Waals surface area contributed by atoms with Crippen LogP contribution in [0, 0.1) is 0 Å². The van der Waals surface area contributed by atoms with Crippen LogP contribution in [0.15, 0.2) is 11.6 Å². The minimum atomic E-state index is -1.92. The van der Waals surface area contributed by atoms with Crippen LogP contribution in [0.25, 0.3) is 0 Å². The van der Waals surface area contributed by atoms with Gasteiger partial charge in [-0.2, -0.15) is 0 Å². The molecule has 1 rings (SSSR count). The highest BCUT2D eigenvalue weighted by atomic mass is 28.4. The monoisotopic (exact) mass is 355 g/mol. The van der Waals surface area contributed by atoms with Gasteiger partial charge in [-0.05, 0) is 52.8 Å². The fraction of sp³-hybridized carbons (Fsp3) is 0.778. The molecule has 0 aliphatic carbocycles. The third-order valence-electron chi connectivity index (χ3n) is 4.49. The van der Waals surface area contributed by atoms with E-state index in [9.17, 15) is 9.59 Å². The zero-order valence-electron chi connectivity index (χ0n) is 16.4. The highest BCUT2D eigenvalue weighted by Crippen LogP contribution is 2.33. The molecule has 1 fully saturated rings. The van der Waals surface area contributed by atoms with Crippen molar-refractivity contribution in [2.45, 2.75) is 91.3 Å². The Bertz CT molecular complexity index is 493. The van der Waals surface area contributed by atoms with Crippen LogP contribution >= 0.6 is 0 Å². The average molecular weight is 356 g/mol. The van der Waals surface area contributed by atoms with Crippen molar-refractivity contribution in [3.05, 3.63) is 11.6 Å². The smallest absolute Gasteiger partial charge is 0.417 e. The van der Waals surface area contributed by atoms with E-state index in [4.69, 9.17) is 9.16 Å². The van der Waals surface area contributed by atoms with E-state index in [0.717, 1.165) is 23.7 Å². The number of imide groups is 1. The van der Waals surface area contributed by atoms with Gasteiger partial charge in [-0.1, -0.05) is 32.4 Å². The zero-order valence-corrected chi connectivity index (χ0v) is 17.4. The molecule has 0 spiro atoms. The first-order valence-electron chi connectivity index (χ1n) is 8.89. The third kappa shape index (κ3) is 4.69. The van der Waals surface area contributed by atoms with Crippen molar-refractivity contribution in [1.29, 1.82) is 0 Å². The summed E-state index contributed by atoms with van der Waals surface area (Å²) in [6.45, 7) is 15.7. The molecule has 0 aromatic carbocycles. The van der Waals surface area contributed by atoms with Crippen molar-refractivity contribution < 1.29 is 18.8 Å². The van der Waals surface area contributed by atoms with E-state index in [-0.39, 0.29) is 11.9 Å². The zero-order chi connectivity index (χ0) is 18.7. The Morgan fingerprint density at radius 1 is 1.17 bits per heavy atom. The second kappa shape index (κ2) is 7.83. The molecule has 0 unspecified atom stereocenters. The lowest BCUT2D eigenvalue weighted by atomic mass is 9.97. The van der Waals surface area contributed by atoms with E-state index in [1.807, 2.05) is 19.9 Å². The molecule has 0 saturated carbocycles. The van der Waals surface area contributed by atoms with Crippen molar-refractivity contribution in [1.82, 2.24) is 4.90 Å². The number of hydrogen-bond acceptors (Lipinski definition) is 4. The predicted octanol–water partition coefficient (Wildman–Crippen LogP) is 4.49. The quantitative estimate of drug-likeness (QED) is 0.400. The van der Waals surface area contributed by atoms with Gasteiger partial charge in [-0.15, -0.1) is 0 Å². The SMILES string of the molecule is CC[Si](CC)(CC)O[C@@H]1C(=O)N(C(=O)OC(C)(C)C)[C@@H]1C=C(C)C. The molecule has 0 bridgehead atoms. The second-order valence-electron chi connectivity index (χ2n) is 7.71. The Balaban J connectivity index is 3.02. The van der Waals surface area contributed by atoms with Crippen LogP contribution in [-0.4, -0.2) is 43.0 Å². The van der Waals surface area contributed by atoms with E-state index < -0.39 is 26.1 Å². The van der Waals surface area contributed by atoms with Crippen molar-refractivity contribution in [3.8, 4) is 0 Å². The van der Waals surface area contributed by atoms with Gasteiger partial charge in [0.1, 0.15) is 11.7 Å². The van der Waals surface area contributed by atoms with Crippen molar-refractivity contribution >= 4 is 20.3 Å². The number of amides is 2. The molecule has 0 aromatic heterocycles. The van der Waals surface area contributed by atoms with Gasteiger partial charge in [0.05, 0.1) is 6.04 Å². The van der Waals surface area contributed by atoms with E-state index in [1.54, 1.807) is 20.8 Å². The Labute approximate surface area is 147 Å². The number of carbonyl (C=O) groups excluding carboxylic acids is 2. The molecule has 6 heteroatoms. The topological polar surface area (TPSA) is 55.8 Å². The molecule has 1 aliphatic heterocycles. The van der Waals surface area contributed by atoms with Crippen molar-refractivity contribution in [2.75, 3.05) is 0 Å². The fourth-order valence-corrected chi connectivity index (χ4v) is 5.68. The number of rotatable bonds is 6. The number of hydrogen-bond donors (Lipinski definition) is 0. The van der Waals surface area contributed by atoms with Crippen molar-refractivity contribution in [3.63, 3.8) is 0 Å². The molecular weight excluding hydrogens is 322 g/mol. The van der Waals surface area contributed by atoms with Crippen LogP contribution in [0.3, 0.4) is 0 Å². The molecule has 2 atom stereocenters. The highest BCUT2D eigenvalue weighted by molar-refractivity contribution is 6.73. The molecule has 138 valence electrons. The number of likely N-dealkylation sites (tertiary alicyclic amines) is 1. The lowest BCUT2D eigenvalue weighted by molar-refractivity contribution is -0.157. The molecule has 1 saturated heterocycles. The summed E-state index contributed by atoms with van der Waals surface area (Å²) in [7, 11) is -1.92. The lowest BCUT2D eigenvalue weighted by Gasteiger charge is -2.47. The molecule has 0 radical (unpaired) electrons. The van der Waals surface area contributed by atoms with E-state index in [0.29, 0.717) is 0 Å². The van der Waals surface area contributed by atoms with Gasteiger partial charge in [-0.3, -0.25) is 4.79 Å². The van der Waals surface area contributed by atoms with Gasteiger partial charge >= 0.3 is 6.09 Å². The van der Waals surface area contributed by atoms with Crippen LogP contribution in [0.5, 0.6) is 0 Å². The number of carbonyl (C=O) groups is 2. The summed E-state index contributed by atoms with van der Waals surface area (Å²) in [4.78, 5) is 26.2. The minimum absolute atomic E-state index is 0.279. The summed E-state index contributed by atoms with van der Waals surface area (Å²) in [6, 6.07) is 2.54. The van der Waals surface area contributed by atoms with Crippen LogP contribution < -0.4 is 0 Å². The number of allylic oxidation sites excluding steroid dienone is 1. The van der Waals surface area contributed by atoms with Gasteiger partial charge in [0.2, 0.25) is 0 Å². The Hall–Kier alpha value is -1.14. The first kappa shape index (κ1) is 20.9. The van der Waals surface area contributed by atoms with Crippen LogP contribution in [0.4, 0.5) is 4.79 Å². The van der Waals surface area contributed by atoms with Crippen LogP contribution in [-0.2, 0) is 14.0 Å². The highest BCUT2D eigenvalue weighted by Gasteiger charge is 2.54. The molecule has 24 heavy (non-hydrogen) atoms. The van der Waals surface area contributed by atoms with Gasteiger partial charge < -0.3 is 9.16 Å². The summed E-state index contributed by atoms with van der Waals surface area (Å²) in [6.07, 6.45) is 0.779. The average Bonchev–Trinajstić information content (AvgIpc) is 2.46. The van der Waals surface area contributed by atoms with Gasteiger partial charge in [0, 0.05) is 0 Å².